The highest BCUT2D eigenvalue weighted by Crippen LogP contribution is 2.28. The zero-order valence-corrected chi connectivity index (χ0v) is 33.5. The van der Waals surface area contributed by atoms with Crippen molar-refractivity contribution in [1.29, 1.82) is 0 Å². The number of carbonyl (C=O) groups excluding carboxylic acids is 2. The first-order valence-electron chi connectivity index (χ1n) is 19.5. The maximum atomic E-state index is 14.4. The van der Waals surface area contributed by atoms with Crippen LogP contribution in [0.3, 0.4) is 0 Å². The van der Waals surface area contributed by atoms with E-state index in [4.69, 9.17) is 9.72 Å². The average Bonchev–Trinajstić information content (AvgIpc) is 3.71. The lowest BCUT2D eigenvalue weighted by atomic mass is 9.98. The van der Waals surface area contributed by atoms with Crippen LogP contribution in [0.2, 0.25) is 0 Å². The summed E-state index contributed by atoms with van der Waals surface area (Å²) in [5, 5.41) is 6.39. The molecule has 0 saturated carbocycles. The van der Waals surface area contributed by atoms with Crippen LogP contribution in [0.1, 0.15) is 56.8 Å². The summed E-state index contributed by atoms with van der Waals surface area (Å²) in [6.07, 6.45) is 4.76. The average molecular weight is 798 g/mol. The Kier molecular flexibility index (Phi) is 11.2. The lowest BCUT2D eigenvalue weighted by Gasteiger charge is -2.31. The van der Waals surface area contributed by atoms with Crippen LogP contribution in [-0.4, -0.2) is 65.4 Å². The molecule has 1 aliphatic rings. The molecule has 8 rings (SSSR count). The van der Waals surface area contributed by atoms with Crippen LogP contribution in [-0.2, 0) is 34.9 Å². The van der Waals surface area contributed by atoms with E-state index in [9.17, 15) is 18.8 Å². The minimum Gasteiger partial charge on any atom is -0.462 e. The molecule has 7 aromatic rings. The number of benzene rings is 3. The standard InChI is InChI=1S/C45H44FN7O4S/c1-29-10-12-32(13-11-29)24-52-42-39(9-6-20-47-42)49-45(52)58-28-34-14-16-35(17-15-34)44(56)57-27-33-18-21-50(22-19-33)40(54)26-53-43(55)41-31(3)51(30(2)37(41)23-48-53)25-36-7-4-5-8-38(36)46/h4-17,20,23,33H,18-19,21-22,24-28H2,1-3H3. The topological polar surface area (TPSA) is 117 Å². The van der Waals surface area contributed by atoms with Gasteiger partial charge >= 0.3 is 5.97 Å². The summed E-state index contributed by atoms with van der Waals surface area (Å²) in [6.45, 7) is 7.84. The van der Waals surface area contributed by atoms with Crippen molar-refractivity contribution in [3.63, 3.8) is 0 Å². The first kappa shape index (κ1) is 38.8. The number of esters is 1. The van der Waals surface area contributed by atoms with Gasteiger partial charge in [-0.15, -0.1) is 0 Å². The minimum absolute atomic E-state index is 0.120. The van der Waals surface area contributed by atoms with Crippen LogP contribution in [0.25, 0.3) is 21.9 Å². The molecule has 13 heteroatoms. The number of likely N-dealkylation sites (tertiary alicyclic amines) is 1. The van der Waals surface area contributed by atoms with Crippen LogP contribution in [0.4, 0.5) is 4.39 Å². The fourth-order valence-corrected chi connectivity index (χ4v) is 8.55. The summed E-state index contributed by atoms with van der Waals surface area (Å²) in [5.41, 5.74) is 7.33. The third kappa shape index (κ3) is 8.17. The zero-order chi connectivity index (χ0) is 40.3. The number of hydrogen-bond donors (Lipinski definition) is 0. The minimum atomic E-state index is -0.377. The summed E-state index contributed by atoms with van der Waals surface area (Å²) in [5.74, 6) is -0.0799. The number of amides is 1. The molecule has 1 amide bonds. The van der Waals surface area contributed by atoms with E-state index in [2.05, 4.69) is 45.8 Å². The molecule has 1 fully saturated rings. The lowest BCUT2D eigenvalue weighted by molar-refractivity contribution is -0.133. The third-order valence-electron chi connectivity index (χ3n) is 11.1. The molecule has 58 heavy (non-hydrogen) atoms. The fraction of sp³-hybridized carbons (Fsp3) is 0.289. The Labute approximate surface area is 339 Å². The summed E-state index contributed by atoms with van der Waals surface area (Å²) < 4.78 is 25.4. The number of piperidine rings is 1. The second-order valence-electron chi connectivity index (χ2n) is 15.0. The molecule has 0 spiro atoms. The van der Waals surface area contributed by atoms with Gasteiger partial charge in [0.05, 0.1) is 36.8 Å². The zero-order valence-electron chi connectivity index (χ0n) is 32.7. The molecule has 0 aliphatic carbocycles. The highest BCUT2D eigenvalue weighted by molar-refractivity contribution is 7.98. The Morgan fingerprint density at radius 2 is 1.60 bits per heavy atom. The van der Waals surface area contributed by atoms with Crippen molar-refractivity contribution in [1.82, 2.24) is 33.8 Å². The summed E-state index contributed by atoms with van der Waals surface area (Å²) in [7, 11) is 0. The number of carbonyl (C=O) groups is 2. The molecule has 3 aromatic carbocycles. The largest absolute Gasteiger partial charge is 0.462 e. The number of aromatic nitrogens is 6. The molecule has 11 nitrogen and oxygen atoms in total. The maximum Gasteiger partial charge on any atom is 0.338 e. The van der Waals surface area contributed by atoms with Gasteiger partial charge in [-0.05, 0) is 81.0 Å². The second-order valence-corrected chi connectivity index (χ2v) is 15.9. The van der Waals surface area contributed by atoms with E-state index in [0.717, 1.165) is 27.6 Å². The first-order chi connectivity index (χ1) is 28.1. The molecule has 0 radical (unpaired) electrons. The number of pyridine rings is 1. The molecule has 0 bridgehead atoms. The van der Waals surface area contributed by atoms with Crippen LogP contribution in [0.15, 0.2) is 107 Å². The smallest absolute Gasteiger partial charge is 0.338 e. The van der Waals surface area contributed by atoms with Crippen molar-refractivity contribution in [2.75, 3.05) is 19.7 Å². The Hall–Kier alpha value is -6.08. The SMILES string of the molecule is Cc1ccc(Cn2c(SCc3ccc(C(=O)OCC4CCN(C(=O)Cn5ncc6c(C)n(Cc7ccccc7F)c(C)c6c5=O)CC4)cc3)nc3cccnc32)cc1. The monoisotopic (exact) mass is 797 g/mol. The number of ether oxygens (including phenoxy) is 1. The van der Waals surface area contributed by atoms with Gasteiger partial charge in [0.25, 0.3) is 5.56 Å². The number of fused-ring (bicyclic) bond motifs is 2. The predicted molar refractivity (Wildman–Crippen MR) is 222 cm³/mol. The molecule has 4 aromatic heterocycles. The number of nitrogens with zero attached hydrogens (tertiary/aromatic N) is 7. The van der Waals surface area contributed by atoms with Gasteiger partial charge in [-0.3, -0.25) is 14.2 Å². The number of rotatable bonds is 12. The van der Waals surface area contributed by atoms with E-state index in [1.54, 1.807) is 59.4 Å². The van der Waals surface area contributed by atoms with Crippen molar-refractivity contribution in [2.24, 2.45) is 5.92 Å². The van der Waals surface area contributed by atoms with E-state index >= 15 is 0 Å². The molecule has 296 valence electrons. The molecule has 1 aliphatic heterocycles. The lowest BCUT2D eigenvalue weighted by Crippen LogP contribution is -2.42. The second kappa shape index (κ2) is 16.8. The van der Waals surface area contributed by atoms with E-state index < -0.39 is 0 Å². The van der Waals surface area contributed by atoms with E-state index in [-0.39, 0.29) is 48.9 Å². The van der Waals surface area contributed by atoms with Crippen LogP contribution in [0, 0.1) is 32.5 Å². The number of imidazole rings is 1. The number of aryl methyl sites for hydroxylation is 3. The van der Waals surface area contributed by atoms with Crippen molar-refractivity contribution >= 4 is 45.6 Å². The van der Waals surface area contributed by atoms with E-state index in [1.165, 1.54) is 21.9 Å². The predicted octanol–water partition coefficient (Wildman–Crippen LogP) is 7.49. The molecular formula is C45H44FN7O4S. The van der Waals surface area contributed by atoms with Crippen LogP contribution >= 0.6 is 11.8 Å². The number of hydrogen-bond acceptors (Lipinski definition) is 8. The quantitative estimate of drug-likeness (QED) is 0.0923. The Morgan fingerprint density at radius 3 is 2.36 bits per heavy atom. The Balaban J connectivity index is 0.821. The van der Waals surface area contributed by atoms with E-state index in [1.807, 2.05) is 42.7 Å². The summed E-state index contributed by atoms with van der Waals surface area (Å²) in [6, 6.07) is 26.4. The number of thioether (sulfide) groups is 1. The van der Waals surface area contributed by atoms with Gasteiger partial charge in [0, 0.05) is 47.4 Å². The van der Waals surface area contributed by atoms with Crippen molar-refractivity contribution < 1.29 is 18.7 Å². The van der Waals surface area contributed by atoms with Gasteiger partial charge < -0.3 is 14.2 Å². The fourth-order valence-electron chi connectivity index (χ4n) is 7.60. The summed E-state index contributed by atoms with van der Waals surface area (Å²) in [4.78, 5) is 51.1. The molecule has 1 saturated heterocycles. The van der Waals surface area contributed by atoms with Crippen LogP contribution < -0.4 is 5.56 Å². The van der Waals surface area contributed by atoms with Crippen LogP contribution in [0.5, 0.6) is 0 Å². The molecule has 0 unspecified atom stereocenters. The molecule has 0 atom stereocenters. The van der Waals surface area contributed by atoms with Gasteiger partial charge in [-0.2, -0.15) is 5.10 Å². The van der Waals surface area contributed by atoms with Gasteiger partial charge in [0.15, 0.2) is 10.8 Å². The van der Waals surface area contributed by atoms with Gasteiger partial charge in [-0.1, -0.05) is 71.9 Å². The molecular weight excluding hydrogens is 754 g/mol. The summed E-state index contributed by atoms with van der Waals surface area (Å²) >= 11 is 1.63. The van der Waals surface area contributed by atoms with Gasteiger partial charge in [0.2, 0.25) is 5.91 Å². The highest BCUT2D eigenvalue weighted by atomic mass is 32.2. The number of halogens is 1. The van der Waals surface area contributed by atoms with Crippen molar-refractivity contribution in [3.8, 4) is 0 Å². The Morgan fingerprint density at radius 1 is 0.862 bits per heavy atom. The Bertz CT molecular complexity index is 2680. The maximum absolute atomic E-state index is 14.4. The highest BCUT2D eigenvalue weighted by Gasteiger charge is 2.26. The normalized spacial score (nSPS) is 13.4. The van der Waals surface area contributed by atoms with Gasteiger partial charge in [0.1, 0.15) is 17.9 Å². The van der Waals surface area contributed by atoms with Crippen molar-refractivity contribution in [3.05, 3.63) is 153 Å². The van der Waals surface area contributed by atoms with Gasteiger partial charge in [-0.25, -0.2) is 23.8 Å². The van der Waals surface area contributed by atoms with Crippen molar-refractivity contribution in [2.45, 2.75) is 64.2 Å². The molecule has 5 heterocycles. The third-order valence-corrected chi connectivity index (χ3v) is 12.1. The molecule has 0 N–H and O–H groups in total. The first-order valence-corrected chi connectivity index (χ1v) is 20.4. The van der Waals surface area contributed by atoms with E-state index in [0.29, 0.717) is 65.8 Å².